The highest BCUT2D eigenvalue weighted by Gasteiger charge is 2.38. The van der Waals surface area contributed by atoms with Crippen molar-refractivity contribution in [2.45, 2.75) is 19.2 Å². The molecule has 18 heavy (non-hydrogen) atoms. The summed E-state index contributed by atoms with van der Waals surface area (Å²) in [5.74, 6) is -1.53. The molecule has 1 aromatic rings. The van der Waals surface area contributed by atoms with Gasteiger partial charge in [-0.15, -0.1) is 0 Å². The molecule has 0 heterocycles. The van der Waals surface area contributed by atoms with Gasteiger partial charge in [-0.05, 0) is 30.7 Å². The molecular weight excluding hydrogens is 254 g/mol. The minimum Gasteiger partial charge on any atom is -0.382 e. The summed E-state index contributed by atoms with van der Waals surface area (Å²) < 4.78 is 48.9. The second kappa shape index (κ2) is 5.34. The van der Waals surface area contributed by atoms with Crippen molar-refractivity contribution in [1.29, 1.82) is 0 Å². The van der Waals surface area contributed by atoms with Crippen molar-refractivity contribution in [2.75, 3.05) is 6.54 Å². The van der Waals surface area contributed by atoms with Crippen LogP contribution < -0.4 is 5.32 Å². The molecule has 0 fully saturated rings. The summed E-state index contributed by atoms with van der Waals surface area (Å²) in [4.78, 5) is 11.4. The SMILES string of the molecule is Cc1cc(F)cc(C(=O)NCC(O)C(F)(F)F)c1. The Bertz CT molecular complexity index is 425. The lowest BCUT2D eigenvalue weighted by atomic mass is 10.1. The number of aliphatic hydroxyl groups is 1. The monoisotopic (exact) mass is 265 g/mol. The van der Waals surface area contributed by atoms with Crippen molar-refractivity contribution < 1.29 is 27.5 Å². The lowest BCUT2D eigenvalue weighted by Gasteiger charge is -2.15. The Balaban J connectivity index is 2.66. The first-order valence-electron chi connectivity index (χ1n) is 5.00. The Morgan fingerprint density at radius 1 is 1.39 bits per heavy atom. The summed E-state index contributed by atoms with van der Waals surface area (Å²) in [6.07, 6.45) is -7.44. The van der Waals surface area contributed by atoms with Gasteiger partial charge in [-0.1, -0.05) is 0 Å². The number of alkyl halides is 3. The zero-order valence-corrected chi connectivity index (χ0v) is 9.38. The molecule has 0 aromatic heterocycles. The fraction of sp³-hybridized carbons (Fsp3) is 0.364. The predicted molar refractivity (Wildman–Crippen MR) is 55.5 cm³/mol. The summed E-state index contributed by atoms with van der Waals surface area (Å²) in [5.41, 5.74) is 0.374. The van der Waals surface area contributed by atoms with E-state index in [0.29, 0.717) is 5.56 Å². The van der Waals surface area contributed by atoms with Crippen molar-refractivity contribution in [1.82, 2.24) is 5.32 Å². The summed E-state index contributed by atoms with van der Waals surface area (Å²) in [6.45, 7) is 0.572. The molecule has 0 aliphatic carbocycles. The maximum Gasteiger partial charge on any atom is 0.416 e. The number of carbonyl (C=O) groups excluding carboxylic acids is 1. The van der Waals surface area contributed by atoms with Crippen LogP contribution in [-0.4, -0.2) is 29.8 Å². The summed E-state index contributed by atoms with van der Waals surface area (Å²) in [6, 6.07) is 3.42. The number of aliphatic hydroxyl groups excluding tert-OH is 1. The minimum absolute atomic E-state index is 0.0955. The highest BCUT2D eigenvalue weighted by molar-refractivity contribution is 5.94. The number of carbonyl (C=O) groups is 1. The number of rotatable bonds is 3. The maximum absolute atomic E-state index is 13.0. The van der Waals surface area contributed by atoms with Crippen LogP contribution in [0.5, 0.6) is 0 Å². The van der Waals surface area contributed by atoms with Gasteiger partial charge in [0.2, 0.25) is 0 Å². The Labute approximate surface area is 100 Å². The van der Waals surface area contributed by atoms with E-state index in [1.165, 1.54) is 12.1 Å². The van der Waals surface area contributed by atoms with E-state index in [-0.39, 0.29) is 5.56 Å². The fourth-order valence-electron chi connectivity index (χ4n) is 1.27. The number of halogens is 4. The van der Waals surface area contributed by atoms with Gasteiger partial charge < -0.3 is 10.4 Å². The number of hydrogen-bond donors (Lipinski definition) is 2. The third-order valence-corrected chi connectivity index (χ3v) is 2.14. The molecule has 1 unspecified atom stereocenters. The summed E-state index contributed by atoms with van der Waals surface area (Å²) in [7, 11) is 0. The summed E-state index contributed by atoms with van der Waals surface area (Å²) in [5, 5.41) is 10.6. The zero-order valence-electron chi connectivity index (χ0n) is 9.38. The van der Waals surface area contributed by atoms with Gasteiger partial charge >= 0.3 is 6.18 Å². The number of hydrogen-bond acceptors (Lipinski definition) is 2. The molecule has 0 spiro atoms. The largest absolute Gasteiger partial charge is 0.416 e. The molecule has 3 nitrogen and oxygen atoms in total. The molecule has 2 N–H and O–H groups in total. The van der Waals surface area contributed by atoms with E-state index in [2.05, 4.69) is 0 Å². The van der Waals surface area contributed by atoms with Gasteiger partial charge in [0.15, 0.2) is 6.10 Å². The van der Waals surface area contributed by atoms with Crippen LogP contribution in [0.3, 0.4) is 0 Å². The van der Waals surface area contributed by atoms with Crippen molar-refractivity contribution >= 4 is 5.91 Å². The van der Waals surface area contributed by atoms with Gasteiger partial charge in [0, 0.05) is 5.56 Å². The molecule has 0 radical (unpaired) electrons. The van der Waals surface area contributed by atoms with Crippen LogP contribution >= 0.6 is 0 Å². The third kappa shape index (κ3) is 3.99. The van der Waals surface area contributed by atoms with E-state index in [0.717, 1.165) is 6.07 Å². The molecule has 1 atom stereocenters. The highest BCUT2D eigenvalue weighted by Crippen LogP contribution is 2.19. The quantitative estimate of drug-likeness (QED) is 0.818. The molecule has 0 aliphatic heterocycles. The molecule has 0 bridgehead atoms. The Morgan fingerprint density at radius 3 is 2.50 bits per heavy atom. The van der Waals surface area contributed by atoms with E-state index in [9.17, 15) is 22.4 Å². The van der Waals surface area contributed by atoms with Crippen LogP contribution in [0.15, 0.2) is 18.2 Å². The average molecular weight is 265 g/mol. The van der Waals surface area contributed by atoms with Crippen molar-refractivity contribution in [3.63, 3.8) is 0 Å². The van der Waals surface area contributed by atoms with Gasteiger partial charge in [-0.3, -0.25) is 4.79 Å². The summed E-state index contributed by atoms with van der Waals surface area (Å²) >= 11 is 0. The van der Waals surface area contributed by atoms with E-state index in [4.69, 9.17) is 5.11 Å². The van der Waals surface area contributed by atoms with Crippen LogP contribution in [0, 0.1) is 12.7 Å². The first kappa shape index (κ1) is 14.4. The normalized spacial score (nSPS) is 13.2. The topological polar surface area (TPSA) is 49.3 Å². The van der Waals surface area contributed by atoms with Crippen LogP contribution in [0.25, 0.3) is 0 Å². The molecule has 0 saturated heterocycles. The van der Waals surface area contributed by atoms with Gasteiger partial charge in [-0.25, -0.2) is 4.39 Å². The second-order valence-corrected chi connectivity index (χ2v) is 3.78. The first-order chi connectivity index (χ1) is 8.20. The van der Waals surface area contributed by atoms with Crippen LogP contribution in [-0.2, 0) is 0 Å². The molecule has 100 valence electrons. The van der Waals surface area contributed by atoms with E-state index in [1.807, 2.05) is 5.32 Å². The van der Waals surface area contributed by atoms with Gasteiger partial charge in [-0.2, -0.15) is 13.2 Å². The van der Waals surface area contributed by atoms with Crippen LogP contribution in [0.1, 0.15) is 15.9 Å². The molecule has 1 aromatic carbocycles. The Hall–Kier alpha value is -1.63. The smallest absolute Gasteiger partial charge is 0.382 e. The van der Waals surface area contributed by atoms with Crippen molar-refractivity contribution in [2.24, 2.45) is 0 Å². The minimum atomic E-state index is -4.80. The lowest BCUT2D eigenvalue weighted by molar-refractivity contribution is -0.201. The fourth-order valence-corrected chi connectivity index (χ4v) is 1.27. The van der Waals surface area contributed by atoms with E-state index >= 15 is 0 Å². The van der Waals surface area contributed by atoms with Crippen molar-refractivity contribution in [3.05, 3.63) is 35.1 Å². The second-order valence-electron chi connectivity index (χ2n) is 3.78. The van der Waals surface area contributed by atoms with Crippen LogP contribution in [0.4, 0.5) is 17.6 Å². The van der Waals surface area contributed by atoms with E-state index < -0.39 is 30.5 Å². The van der Waals surface area contributed by atoms with Crippen LogP contribution in [0.2, 0.25) is 0 Å². The van der Waals surface area contributed by atoms with Gasteiger partial charge in [0.25, 0.3) is 5.91 Å². The molecule has 7 heteroatoms. The zero-order chi connectivity index (χ0) is 13.9. The standard InChI is InChI=1S/C11H11F4NO2/c1-6-2-7(4-8(12)3-6)10(18)16-5-9(17)11(13,14)15/h2-4,9,17H,5H2,1H3,(H,16,18). The van der Waals surface area contributed by atoms with Crippen molar-refractivity contribution in [3.8, 4) is 0 Å². The van der Waals surface area contributed by atoms with Gasteiger partial charge in [0.1, 0.15) is 5.82 Å². The predicted octanol–water partition coefficient (Wildman–Crippen LogP) is 1.79. The number of amides is 1. The maximum atomic E-state index is 13.0. The Morgan fingerprint density at radius 2 is 2.00 bits per heavy atom. The number of benzene rings is 1. The van der Waals surface area contributed by atoms with E-state index in [1.54, 1.807) is 6.92 Å². The lowest BCUT2D eigenvalue weighted by Crippen LogP contribution is -2.40. The number of aryl methyl sites for hydroxylation is 1. The molecule has 1 rings (SSSR count). The first-order valence-corrected chi connectivity index (χ1v) is 5.00. The average Bonchev–Trinajstić information content (AvgIpc) is 2.22. The molecule has 1 amide bonds. The third-order valence-electron chi connectivity index (χ3n) is 2.14. The molecule has 0 saturated carbocycles. The highest BCUT2D eigenvalue weighted by atomic mass is 19.4. The Kier molecular flexibility index (Phi) is 4.28. The van der Waals surface area contributed by atoms with Gasteiger partial charge in [0.05, 0.1) is 6.54 Å². The molecule has 0 aliphatic rings. The molecular formula is C11H11F4NO2. The number of nitrogens with one attached hydrogen (secondary N) is 1.